The fourth-order valence-electron chi connectivity index (χ4n) is 1.81. The zero-order valence-electron chi connectivity index (χ0n) is 9.74. The van der Waals surface area contributed by atoms with Crippen LogP contribution >= 0.6 is 0 Å². The second-order valence-corrected chi connectivity index (χ2v) is 4.01. The molecule has 0 spiro atoms. The van der Waals surface area contributed by atoms with Crippen molar-refractivity contribution in [3.8, 4) is 0 Å². The molecule has 1 saturated heterocycles. The Hall–Kier alpha value is -1.62. The molecular weight excluding hydrogens is 221 g/mol. The molecule has 1 fully saturated rings. The summed E-state index contributed by atoms with van der Waals surface area (Å²) < 4.78 is 13.4. The minimum atomic E-state index is -0.413. The van der Waals surface area contributed by atoms with E-state index < -0.39 is 5.82 Å². The van der Waals surface area contributed by atoms with Crippen LogP contribution < -0.4 is 10.6 Å². The van der Waals surface area contributed by atoms with Crippen molar-refractivity contribution in [1.82, 2.24) is 10.2 Å². The van der Waals surface area contributed by atoms with Crippen molar-refractivity contribution in [3.63, 3.8) is 0 Å². The zero-order chi connectivity index (χ0) is 12.3. The standard InChI is InChI=1S/C12H16FN3O/c1-2-16(9-7-14-8-9)12(17)15-11-6-4-3-5-10(11)13/h3-6,9,14H,2,7-8H2,1H3,(H,15,17). The van der Waals surface area contributed by atoms with Crippen LogP contribution in [0.15, 0.2) is 24.3 Å². The number of carbonyl (C=O) groups is 1. The Labute approximate surface area is 99.8 Å². The lowest BCUT2D eigenvalue weighted by Crippen LogP contribution is -2.59. The number of halogens is 1. The van der Waals surface area contributed by atoms with Crippen LogP contribution in [0.5, 0.6) is 0 Å². The summed E-state index contributed by atoms with van der Waals surface area (Å²) in [5.41, 5.74) is 0.225. The summed E-state index contributed by atoms with van der Waals surface area (Å²) in [6.07, 6.45) is 0. The van der Waals surface area contributed by atoms with Crippen LogP contribution in [0.1, 0.15) is 6.92 Å². The van der Waals surface area contributed by atoms with Gasteiger partial charge in [-0.2, -0.15) is 0 Å². The molecule has 5 heteroatoms. The molecule has 1 heterocycles. The first-order valence-electron chi connectivity index (χ1n) is 5.75. The lowest BCUT2D eigenvalue weighted by atomic mass is 10.1. The summed E-state index contributed by atoms with van der Waals surface area (Å²) in [7, 11) is 0. The summed E-state index contributed by atoms with van der Waals surface area (Å²) in [5.74, 6) is -0.413. The quantitative estimate of drug-likeness (QED) is 0.839. The van der Waals surface area contributed by atoms with Crippen molar-refractivity contribution in [2.45, 2.75) is 13.0 Å². The highest BCUT2D eigenvalue weighted by molar-refractivity contribution is 5.89. The predicted octanol–water partition coefficient (Wildman–Crippen LogP) is 1.65. The molecule has 2 amide bonds. The summed E-state index contributed by atoms with van der Waals surface area (Å²) in [6.45, 7) is 4.14. The number of anilines is 1. The molecule has 1 aromatic carbocycles. The number of amides is 2. The molecule has 0 atom stereocenters. The van der Waals surface area contributed by atoms with Crippen LogP contribution in [-0.2, 0) is 0 Å². The van der Waals surface area contributed by atoms with Gasteiger partial charge >= 0.3 is 6.03 Å². The van der Waals surface area contributed by atoms with Gasteiger partial charge in [0.05, 0.1) is 11.7 Å². The molecule has 1 aliphatic heterocycles. The molecular formula is C12H16FN3O. The molecule has 2 N–H and O–H groups in total. The van der Waals surface area contributed by atoms with Crippen molar-refractivity contribution in [2.24, 2.45) is 0 Å². The Morgan fingerprint density at radius 2 is 2.24 bits per heavy atom. The van der Waals surface area contributed by atoms with Gasteiger partial charge in [-0.15, -0.1) is 0 Å². The van der Waals surface area contributed by atoms with E-state index >= 15 is 0 Å². The van der Waals surface area contributed by atoms with Crippen molar-refractivity contribution in [1.29, 1.82) is 0 Å². The Kier molecular flexibility index (Phi) is 3.58. The number of hydrogen-bond donors (Lipinski definition) is 2. The van der Waals surface area contributed by atoms with Gasteiger partial charge in [-0.3, -0.25) is 0 Å². The molecule has 0 radical (unpaired) electrons. The lowest BCUT2D eigenvalue weighted by Gasteiger charge is -2.37. The number of nitrogens with one attached hydrogen (secondary N) is 2. The molecule has 1 aromatic rings. The van der Waals surface area contributed by atoms with Gasteiger partial charge in [-0.25, -0.2) is 9.18 Å². The van der Waals surface area contributed by atoms with E-state index in [0.29, 0.717) is 6.54 Å². The van der Waals surface area contributed by atoms with Gasteiger partial charge in [0.2, 0.25) is 0 Å². The SMILES string of the molecule is CCN(C(=O)Nc1ccccc1F)C1CNC1. The zero-order valence-corrected chi connectivity index (χ0v) is 9.74. The maximum atomic E-state index is 13.4. The van der Waals surface area contributed by atoms with E-state index in [-0.39, 0.29) is 17.8 Å². The summed E-state index contributed by atoms with van der Waals surface area (Å²) in [6, 6.07) is 6.14. The van der Waals surface area contributed by atoms with E-state index in [1.807, 2.05) is 6.92 Å². The molecule has 2 rings (SSSR count). The normalized spacial score (nSPS) is 15.2. The number of nitrogens with zero attached hydrogens (tertiary/aromatic N) is 1. The molecule has 0 aliphatic carbocycles. The first-order valence-corrected chi connectivity index (χ1v) is 5.75. The first kappa shape index (κ1) is 11.9. The van der Waals surface area contributed by atoms with E-state index in [9.17, 15) is 9.18 Å². The molecule has 0 unspecified atom stereocenters. The summed E-state index contributed by atoms with van der Waals surface area (Å²) >= 11 is 0. The number of likely N-dealkylation sites (N-methyl/N-ethyl adjacent to an activating group) is 1. The van der Waals surface area contributed by atoms with E-state index in [4.69, 9.17) is 0 Å². The smallest absolute Gasteiger partial charge is 0.319 e. The van der Waals surface area contributed by atoms with Gasteiger partial charge in [0, 0.05) is 19.6 Å². The van der Waals surface area contributed by atoms with Crippen molar-refractivity contribution < 1.29 is 9.18 Å². The largest absolute Gasteiger partial charge is 0.322 e. The van der Waals surface area contributed by atoms with Crippen molar-refractivity contribution in [3.05, 3.63) is 30.1 Å². The van der Waals surface area contributed by atoms with Crippen molar-refractivity contribution in [2.75, 3.05) is 25.0 Å². The summed E-state index contributed by atoms with van der Waals surface area (Å²) in [4.78, 5) is 13.7. The van der Waals surface area contributed by atoms with Crippen LogP contribution in [-0.4, -0.2) is 36.6 Å². The second kappa shape index (κ2) is 5.14. The van der Waals surface area contributed by atoms with E-state index in [2.05, 4.69) is 10.6 Å². The fraction of sp³-hybridized carbons (Fsp3) is 0.417. The molecule has 1 aliphatic rings. The number of carbonyl (C=O) groups excluding carboxylic acids is 1. The van der Waals surface area contributed by atoms with E-state index in [1.165, 1.54) is 6.07 Å². The van der Waals surface area contributed by atoms with Gasteiger partial charge in [0.25, 0.3) is 0 Å². The van der Waals surface area contributed by atoms with Crippen LogP contribution in [0.4, 0.5) is 14.9 Å². The average Bonchev–Trinajstić information content (AvgIpc) is 2.26. The van der Waals surface area contributed by atoms with Crippen LogP contribution in [0.2, 0.25) is 0 Å². The Bertz CT molecular complexity index is 406. The molecule has 4 nitrogen and oxygen atoms in total. The molecule has 92 valence electrons. The van der Waals surface area contributed by atoms with Gasteiger partial charge in [-0.1, -0.05) is 12.1 Å². The number of rotatable bonds is 3. The maximum absolute atomic E-state index is 13.4. The third kappa shape index (κ3) is 2.55. The highest BCUT2D eigenvalue weighted by Crippen LogP contribution is 2.14. The Morgan fingerprint density at radius 3 is 2.76 bits per heavy atom. The van der Waals surface area contributed by atoms with Crippen molar-refractivity contribution >= 4 is 11.7 Å². The highest BCUT2D eigenvalue weighted by Gasteiger charge is 2.27. The predicted molar refractivity (Wildman–Crippen MR) is 64.5 cm³/mol. The van der Waals surface area contributed by atoms with E-state index in [1.54, 1.807) is 23.1 Å². The Balaban J connectivity index is 2.02. The van der Waals surface area contributed by atoms with Gasteiger partial charge < -0.3 is 15.5 Å². The van der Waals surface area contributed by atoms with Gasteiger partial charge in [0.15, 0.2) is 0 Å². The third-order valence-corrected chi connectivity index (χ3v) is 2.92. The van der Waals surface area contributed by atoms with E-state index in [0.717, 1.165) is 13.1 Å². The number of hydrogen-bond acceptors (Lipinski definition) is 2. The molecule has 17 heavy (non-hydrogen) atoms. The van der Waals surface area contributed by atoms with Gasteiger partial charge in [-0.05, 0) is 19.1 Å². The minimum absolute atomic E-state index is 0.215. The highest BCUT2D eigenvalue weighted by atomic mass is 19.1. The lowest BCUT2D eigenvalue weighted by molar-refractivity contribution is 0.165. The Morgan fingerprint density at radius 1 is 1.53 bits per heavy atom. The molecule has 0 saturated carbocycles. The maximum Gasteiger partial charge on any atom is 0.322 e. The molecule has 0 bridgehead atoms. The number of para-hydroxylation sites is 1. The number of urea groups is 1. The summed E-state index contributed by atoms with van der Waals surface area (Å²) in [5, 5.41) is 5.70. The monoisotopic (exact) mass is 237 g/mol. The fourth-order valence-corrected chi connectivity index (χ4v) is 1.81. The van der Waals surface area contributed by atoms with Crippen LogP contribution in [0.25, 0.3) is 0 Å². The minimum Gasteiger partial charge on any atom is -0.319 e. The van der Waals surface area contributed by atoms with Crippen LogP contribution in [0, 0.1) is 5.82 Å². The van der Waals surface area contributed by atoms with Crippen LogP contribution in [0.3, 0.4) is 0 Å². The topological polar surface area (TPSA) is 44.4 Å². The third-order valence-electron chi connectivity index (χ3n) is 2.92. The average molecular weight is 237 g/mol. The second-order valence-electron chi connectivity index (χ2n) is 4.01. The number of benzene rings is 1. The first-order chi connectivity index (χ1) is 8.22. The molecule has 0 aromatic heterocycles. The van der Waals surface area contributed by atoms with Gasteiger partial charge in [0.1, 0.15) is 5.82 Å².